The molecule has 0 spiro atoms. The van der Waals surface area contributed by atoms with Crippen molar-refractivity contribution < 1.29 is 4.79 Å². The summed E-state index contributed by atoms with van der Waals surface area (Å²) in [5.74, 6) is 1.13. The number of hydrogen-bond donors (Lipinski definition) is 1. The van der Waals surface area contributed by atoms with E-state index in [0.717, 1.165) is 25.0 Å². The van der Waals surface area contributed by atoms with E-state index in [1.807, 2.05) is 14.1 Å². The molecular formula is C17H33N3O. The number of likely N-dealkylation sites (N-methyl/N-ethyl adjacent to an activating group) is 1. The van der Waals surface area contributed by atoms with Gasteiger partial charge in [0.25, 0.3) is 0 Å². The molecule has 4 heteroatoms. The van der Waals surface area contributed by atoms with E-state index < -0.39 is 0 Å². The van der Waals surface area contributed by atoms with Crippen LogP contribution >= 0.6 is 0 Å². The van der Waals surface area contributed by atoms with Gasteiger partial charge in [0, 0.05) is 39.3 Å². The van der Waals surface area contributed by atoms with Gasteiger partial charge in [-0.3, -0.25) is 9.69 Å². The predicted octanol–water partition coefficient (Wildman–Crippen LogP) is 2.10. The third-order valence-electron chi connectivity index (χ3n) is 5.17. The van der Waals surface area contributed by atoms with Crippen LogP contribution in [0.5, 0.6) is 0 Å². The van der Waals surface area contributed by atoms with E-state index in [1.54, 1.807) is 4.90 Å². The first-order valence-corrected chi connectivity index (χ1v) is 8.73. The number of rotatable bonds is 4. The highest BCUT2D eigenvalue weighted by atomic mass is 16.2. The minimum Gasteiger partial charge on any atom is -0.348 e. The van der Waals surface area contributed by atoms with Crippen LogP contribution in [-0.4, -0.2) is 61.5 Å². The lowest BCUT2D eigenvalue weighted by Crippen LogP contribution is -2.48. The van der Waals surface area contributed by atoms with Gasteiger partial charge in [-0.05, 0) is 38.0 Å². The number of nitrogens with zero attached hydrogens (tertiary/aromatic N) is 2. The van der Waals surface area contributed by atoms with Crippen LogP contribution in [0.3, 0.4) is 0 Å². The molecule has 4 nitrogen and oxygen atoms in total. The molecular weight excluding hydrogens is 262 g/mol. The van der Waals surface area contributed by atoms with Gasteiger partial charge in [0.2, 0.25) is 5.91 Å². The molecule has 0 aromatic carbocycles. The molecule has 2 aliphatic rings. The number of nitrogens with one attached hydrogen (secondary N) is 1. The highest BCUT2D eigenvalue weighted by Crippen LogP contribution is 2.23. The van der Waals surface area contributed by atoms with E-state index in [4.69, 9.17) is 0 Å². The lowest BCUT2D eigenvalue weighted by Gasteiger charge is -2.34. The van der Waals surface area contributed by atoms with Gasteiger partial charge in [-0.2, -0.15) is 0 Å². The van der Waals surface area contributed by atoms with Crippen LogP contribution in [0.25, 0.3) is 0 Å². The Bertz CT molecular complexity index is 324. The Balaban J connectivity index is 1.68. The minimum absolute atomic E-state index is 0.221. The molecule has 0 radical (unpaired) electrons. The van der Waals surface area contributed by atoms with Gasteiger partial charge in [0.1, 0.15) is 0 Å². The smallest absolute Gasteiger partial charge is 0.236 e. The molecule has 2 atom stereocenters. The second-order valence-electron chi connectivity index (χ2n) is 7.32. The van der Waals surface area contributed by atoms with Crippen molar-refractivity contribution in [2.24, 2.45) is 5.92 Å². The highest BCUT2D eigenvalue weighted by Gasteiger charge is 2.24. The average Bonchev–Trinajstić information content (AvgIpc) is 2.66. The maximum absolute atomic E-state index is 11.7. The topological polar surface area (TPSA) is 35.6 Å². The van der Waals surface area contributed by atoms with Gasteiger partial charge in [-0.1, -0.05) is 19.8 Å². The Labute approximate surface area is 130 Å². The normalized spacial score (nSPS) is 29.1. The summed E-state index contributed by atoms with van der Waals surface area (Å²) in [7, 11) is 3.67. The quantitative estimate of drug-likeness (QED) is 0.807. The zero-order valence-corrected chi connectivity index (χ0v) is 14.1. The Morgan fingerprint density at radius 1 is 1.05 bits per heavy atom. The number of hydrogen-bond acceptors (Lipinski definition) is 3. The molecule has 2 fully saturated rings. The molecule has 1 saturated heterocycles. The molecule has 1 N–H and O–H groups in total. The van der Waals surface area contributed by atoms with E-state index in [1.165, 1.54) is 44.9 Å². The zero-order valence-electron chi connectivity index (χ0n) is 14.1. The molecule has 1 aliphatic carbocycles. The molecule has 1 aliphatic heterocycles. The fourth-order valence-electron chi connectivity index (χ4n) is 3.58. The summed E-state index contributed by atoms with van der Waals surface area (Å²) in [4.78, 5) is 15.7. The van der Waals surface area contributed by atoms with Crippen molar-refractivity contribution in [3.8, 4) is 0 Å². The maximum atomic E-state index is 11.7. The Kier molecular flexibility index (Phi) is 6.49. The van der Waals surface area contributed by atoms with Crippen LogP contribution in [0.4, 0.5) is 0 Å². The lowest BCUT2D eigenvalue weighted by molar-refractivity contribution is -0.130. The van der Waals surface area contributed by atoms with E-state index in [2.05, 4.69) is 17.1 Å². The Morgan fingerprint density at radius 2 is 1.71 bits per heavy atom. The summed E-state index contributed by atoms with van der Waals surface area (Å²) >= 11 is 0. The summed E-state index contributed by atoms with van der Waals surface area (Å²) in [5.41, 5.74) is 0. The van der Waals surface area contributed by atoms with Gasteiger partial charge in [-0.25, -0.2) is 0 Å². The van der Waals surface area contributed by atoms with E-state index >= 15 is 0 Å². The van der Waals surface area contributed by atoms with E-state index in [-0.39, 0.29) is 5.91 Å². The summed E-state index contributed by atoms with van der Waals surface area (Å²) in [6.45, 7) is 5.09. The third kappa shape index (κ3) is 5.59. The molecule has 0 bridgehead atoms. The number of carbonyl (C=O) groups excluding carboxylic acids is 1. The first-order valence-electron chi connectivity index (χ1n) is 8.73. The largest absolute Gasteiger partial charge is 0.348 e. The second kappa shape index (κ2) is 8.14. The van der Waals surface area contributed by atoms with Crippen molar-refractivity contribution in [3.63, 3.8) is 0 Å². The number of piperidine rings is 1. The molecule has 2 rings (SSSR count). The first-order chi connectivity index (χ1) is 10.0. The SMILES string of the molecule is CC1CCCC(NC2CCN(CC(=O)N(C)C)CC2)CC1. The highest BCUT2D eigenvalue weighted by molar-refractivity contribution is 5.77. The standard InChI is InChI=1S/C17H33N3O/c1-14-5-4-6-15(8-7-14)18-16-9-11-20(12-10-16)13-17(21)19(2)3/h14-16,18H,4-13H2,1-3H3. The van der Waals surface area contributed by atoms with E-state index in [0.29, 0.717) is 12.6 Å². The van der Waals surface area contributed by atoms with Crippen molar-refractivity contribution >= 4 is 5.91 Å². The van der Waals surface area contributed by atoms with Gasteiger partial charge >= 0.3 is 0 Å². The molecule has 0 aromatic heterocycles. The maximum Gasteiger partial charge on any atom is 0.236 e. The number of amides is 1. The molecule has 21 heavy (non-hydrogen) atoms. The predicted molar refractivity (Wildman–Crippen MR) is 87.3 cm³/mol. The van der Waals surface area contributed by atoms with Crippen molar-refractivity contribution in [2.45, 2.75) is 64.0 Å². The lowest BCUT2D eigenvalue weighted by atomic mass is 10.0. The van der Waals surface area contributed by atoms with Crippen molar-refractivity contribution in [3.05, 3.63) is 0 Å². The van der Waals surface area contributed by atoms with Crippen LogP contribution in [0, 0.1) is 5.92 Å². The van der Waals surface area contributed by atoms with Crippen LogP contribution in [-0.2, 0) is 4.79 Å². The van der Waals surface area contributed by atoms with Gasteiger partial charge in [0.15, 0.2) is 0 Å². The fourth-order valence-corrected chi connectivity index (χ4v) is 3.58. The second-order valence-corrected chi connectivity index (χ2v) is 7.32. The summed E-state index contributed by atoms with van der Waals surface area (Å²) < 4.78 is 0. The van der Waals surface area contributed by atoms with Gasteiger partial charge < -0.3 is 10.2 Å². The summed E-state index contributed by atoms with van der Waals surface area (Å²) in [6, 6.07) is 1.39. The average molecular weight is 295 g/mol. The summed E-state index contributed by atoms with van der Waals surface area (Å²) in [5, 5.41) is 3.89. The van der Waals surface area contributed by atoms with Crippen LogP contribution in [0.2, 0.25) is 0 Å². The van der Waals surface area contributed by atoms with Gasteiger partial charge in [-0.15, -0.1) is 0 Å². The third-order valence-corrected chi connectivity index (χ3v) is 5.17. The van der Waals surface area contributed by atoms with Gasteiger partial charge in [0.05, 0.1) is 6.54 Å². The first kappa shape index (κ1) is 16.8. The van der Waals surface area contributed by atoms with Crippen molar-refractivity contribution in [2.75, 3.05) is 33.7 Å². The monoisotopic (exact) mass is 295 g/mol. The zero-order chi connectivity index (χ0) is 15.2. The molecule has 0 aromatic rings. The van der Waals surface area contributed by atoms with Crippen molar-refractivity contribution in [1.82, 2.24) is 15.1 Å². The minimum atomic E-state index is 0.221. The van der Waals surface area contributed by atoms with Crippen LogP contribution in [0.15, 0.2) is 0 Å². The fraction of sp³-hybridized carbons (Fsp3) is 0.941. The molecule has 1 saturated carbocycles. The molecule has 1 amide bonds. The molecule has 1 heterocycles. The van der Waals surface area contributed by atoms with Crippen LogP contribution in [0.1, 0.15) is 51.9 Å². The summed E-state index contributed by atoms with van der Waals surface area (Å²) in [6.07, 6.45) is 9.25. The van der Waals surface area contributed by atoms with Crippen molar-refractivity contribution in [1.29, 1.82) is 0 Å². The number of carbonyl (C=O) groups is 1. The molecule has 2 unspecified atom stereocenters. The van der Waals surface area contributed by atoms with E-state index in [9.17, 15) is 4.79 Å². The number of likely N-dealkylation sites (tertiary alicyclic amines) is 1. The van der Waals surface area contributed by atoms with Crippen LogP contribution < -0.4 is 5.32 Å². The Morgan fingerprint density at radius 3 is 2.38 bits per heavy atom. The molecule has 122 valence electrons. The Hall–Kier alpha value is -0.610.